The van der Waals surface area contributed by atoms with E-state index in [1.165, 1.54) is 0 Å². The molecule has 0 radical (unpaired) electrons. The number of aliphatic hydroxyl groups excluding tert-OH is 1. The average molecular weight is 354 g/mol. The summed E-state index contributed by atoms with van der Waals surface area (Å²) in [4.78, 5) is 12.6. The third-order valence-corrected chi connectivity index (χ3v) is 5.82. The first kappa shape index (κ1) is 16.7. The molecule has 23 heavy (non-hydrogen) atoms. The summed E-state index contributed by atoms with van der Waals surface area (Å²) >= 11 is 12.3. The van der Waals surface area contributed by atoms with Crippen LogP contribution >= 0.6 is 23.2 Å². The third-order valence-electron chi connectivity index (χ3n) is 5.31. The second kappa shape index (κ2) is 6.03. The molecule has 1 spiro atoms. The summed E-state index contributed by atoms with van der Waals surface area (Å²) < 4.78 is 0. The van der Waals surface area contributed by atoms with Crippen molar-refractivity contribution in [1.29, 1.82) is 0 Å². The molecule has 1 aliphatic heterocycles. The maximum absolute atomic E-state index is 12.6. The van der Waals surface area contributed by atoms with Gasteiger partial charge in [0.05, 0.1) is 16.1 Å². The first-order valence-corrected chi connectivity index (χ1v) is 8.86. The maximum Gasteiger partial charge on any atom is 0.256 e. The third kappa shape index (κ3) is 2.74. The fraction of sp³-hybridized carbons (Fsp3) is 0.500. The molecule has 1 aromatic carbocycles. The van der Waals surface area contributed by atoms with Crippen molar-refractivity contribution in [2.24, 2.45) is 5.92 Å². The van der Waals surface area contributed by atoms with E-state index in [4.69, 9.17) is 23.2 Å². The van der Waals surface area contributed by atoms with Gasteiger partial charge in [0.2, 0.25) is 0 Å². The van der Waals surface area contributed by atoms with Gasteiger partial charge in [-0.3, -0.25) is 4.79 Å². The van der Waals surface area contributed by atoms with Crippen LogP contribution in [0.25, 0.3) is 5.57 Å². The van der Waals surface area contributed by atoms with Gasteiger partial charge in [0, 0.05) is 10.6 Å². The molecular formula is C18H21Cl2NO2. The number of benzene rings is 1. The average Bonchev–Trinajstić information content (AvgIpc) is 2.72. The highest BCUT2D eigenvalue weighted by Gasteiger charge is 2.48. The number of carbonyl (C=O) groups is 1. The highest BCUT2D eigenvalue weighted by molar-refractivity contribution is 6.38. The molecule has 1 amide bonds. The summed E-state index contributed by atoms with van der Waals surface area (Å²) in [6.07, 6.45) is 4.72. The molecule has 2 N–H and O–H groups in total. The highest BCUT2D eigenvalue weighted by atomic mass is 35.5. The molecule has 0 unspecified atom stereocenters. The number of amides is 1. The van der Waals surface area contributed by atoms with Gasteiger partial charge >= 0.3 is 0 Å². The highest BCUT2D eigenvalue weighted by Crippen LogP contribution is 2.45. The molecule has 3 nitrogen and oxygen atoms in total. The van der Waals surface area contributed by atoms with Crippen molar-refractivity contribution in [1.82, 2.24) is 5.32 Å². The fourth-order valence-corrected chi connectivity index (χ4v) is 4.57. The Hall–Kier alpha value is -1.19. The Morgan fingerprint density at radius 1 is 1.30 bits per heavy atom. The van der Waals surface area contributed by atoms with Crippen LogP contribution in [0.3, 0.4) is 0 Å². The number of aliphatic hydroxyl groups is 1. The van der Waals surface area contributed by atoms with Crippen LogP contribution in [0, 0.1) is 12.8 Å². The van der Waals surface area contributed by atoms with Crippen molar-refractivity contribution in [3.63, 3.8) is 0 Å². The Labute approximate surface area is 146 Å². The quantitative estimate of drug-likeness (QED) is 0.782. The molecule has 0 aromatic heterocycles. The SMILES string of the molecule is CCC1CCC2(CC1)NC(=O)C(c1c(C)cc(Cl)cc1Cl)=C2O. The first-order chi connectivity index (χ1) is 10.9. The van der Waals surface area contributed by atoms with Gasteiger partial charge < -0.3 is 10.4 Å². The van der Waals surface area contributed by atoms with Gasteiger partial charge in [-0.15, -0.1) is 0 Å². The number of carbonyl (C=O) groups excluding carboxylic acids is 1. The number of nitrogens with one attached hydrogen (secondary N) is 1. The number of hydrogen-bond acceptors (Lipinski definition) is 2. The summed E-state index contributed by atoms with van der Waals surface area (Å²) in [6, 6.07) is 3.37. The Kier molecular flexibility index (Phi) is 4.37. The second-order valence-corrected chi connectivity index (χ2v) is 7.53. The minimum Gasteiger partial charge on any atom is -0.509 e. The number of halogens is 2. The van der Waals surface area contributed by atoms with E-state index in [1.807, 2.05) is 6.92 Å². The molecule has 124 valence electrons. The van der Waals surface area contributed by atoms with E-state index in [2.05, 4.69) is 12.2 Å². The van der Waals surface area contributed by atoms with Crippen LogP contribution in [-0.2, 0) is 4.79 Å². The van der Waals surface area contributed by atoms with Crippen molar-refractivity contribution in [3.05, 3.63) is 39.1 Å². The van der Waals surface area contributed by atoms with Gasteiger partial charge in [-0.25, -0.2) is 0 Å². The van der Waals surface area contributed by atoms with Crippen molar-refractivity contribution >= 4 is 34.7 Å². The van der Waals surface area contributed by atoms with E-state index in [-0.39, 0.29) is 11.7 Å². The zero-order chi connectivity index (χ0) is 16.8. The van der Waals surface area contributed by atoms with Crippen LogP contribution in [0.2, 0.25) is 10.0 Å². The molecular weight excluding hydrogens is 333 g/mol. The lowest BCUT2D eigenvalue weighted by atomic mass is 9.75. The predicted octanol–water partition coefficient (Wildman–Crippen LogP) is 5.04. The van der Waals surface area contributed by atoms with Gasteiger partial charge in [-0.2, -0.15) is 0 Å². The van der Waals surface area contributed by atoms with Gasteiger partial charge in [0.1, 0.15) is 5.76 Å². The van der Waals surface area contributed by atoms with Crippen LogP contribution < -0.4 is 5.32 Å². The minimum absolute atomic E-state index is 0.143. The van der Waals surface area contributed by atoms with E-state index < -0.39 is 5.54 Å². The molecule has 1 aromatic rings. The summed E-state index contributed by atoms with van der Waals surface area (Å²) in [5.41, 5.74) is 1.06. The number of aryl methyl sites for hydroxylation is 1. The first-order valence-electron chi connectivity index (χ1n) is 8.10. The van der Waals surface area contributed by atoms with Crippen molar-refractivity contribution in [2.75, 3.05) is 0 Å². The Morgan fingerprint density at radius 3 is 2.52 bits per heavy atom. The summed E-state index contributed by atoms with van der Waals surface area (Å²) in [5.74, 6) is 0.573. The molecule has 2 aliphatic rings. The Morgan fingerprint density at radius 2 is 1.96 bits per heavy atom. The van der Waals surface area contributed by atoms with Crippen LogP contribution in [0.1, 0.15) is 50.2 Å². The Balaban J connectivity index is 2.04. The van der Waals surface area contributed by atoms with Crippen LogP contribution in [-0.4, -0.2) is 16.6 Å². The lowest BCUT2D eigenvalue weighted by molar-refractivity contribution is -0.116. The van der Waals surface area contributed by atoms with E-state index in [0.717, 1.165) is 37.7 Å². The number of rotatable bonds is 2. The van der Waals surface area contributed by atoms with E-state index in [9.17, 15) is 9.90 Å². The molecule has 1 fully saturated rings. The monoisotopic (exact) mass is 353 g/mol. The van der Waals surface area contributed by atoms with Crippen LogP contribution in [0.15, 0.2) is 17.9 Å². The summed E-state index contributed by atoms with van der Waals surface area (Å²) in [7, 11) is 0. The predicted molar refractivity (Wildman–Crippen MR) is 93.9 cm³/mol. The van der Waals surface area contributed by atoms with Crippen molar-refractivity contribution in [2.45, 2.75) is 51.5 Å². The normalized spacial score (nSPS) is 27.7. The van der Waals surface area contributed by atoms with Crippen LogP contribution in [0.4, 0.5) is 0 Å². The largest absolute Gasteiger partial charge is 0.509 e. The van der Waals surface area contributed by atoms with Gasteiger partial charge in [-0.05, 0) is 56.2 Å². The summed E-state index contributed by atoms with van der Waals surface area (Å²) in [6.45, 7) is 4.04. The zero-order valence-corrected chi connectivity index (χ0v) is 14.9. The summed E-state index contributed by atoms with van der Waals surface area (Å²) in [5, 5.41) is 14.8. The molecule has 5 heteroatoms. The van der Waals surface area contributed by atoms with Crippen molar-refractivity contribution < 1.29 is 9.90 Å². The van der Waals surface area contributed by atoms with E-state index in [0.29, 0.717) is 27.1 Å². The molecule has 1 aliphatic carbocycles. The standard InChI is InChI=1S/C18H21Cl2NO2/c1-3-11-4-6-18(7-5-11)16(22)15(17(23)21-18)14-10(2)8-12(19)9-13(14)20/h8-9,11,22H,3-7H2,1-2H3,(H,21,23). The molecule has 3 rings (SSSR count). The minimum atomic E-state index is -0.618. The lowest BCUT2D eigenvalue weighted by Gasteiger charge is -2.36. The smallest absolute Gasteiger partial charge is 0.256 e. The fourth-order valence-electron chi connectivity index (χ4n) is 3.88. The van der Waals surface area contributed by atoms with Crippen LogP contribution in [0.5, 0.6) is 0 Å². The number of hydrogen-bond donors (Lipinski definition) is 2. The molecule has 0 saturated heterocycles. The van der Waals surface area contributed by atoms with Gasteiger partial charge in [0.15, 0.2) is 0 Å². The Bertz CT molecular complexity index is 665. The molecule has 1 heterocycles. The maximum atomic E-state index is 12.6. The van der Waals surface area contributed by atoms with Gasteiger partial charge in [0.25, 0.3) is 5.91 Å². The lowest BCUT2D eigenvalue weighted by Crippen LogP contribution is -2.47. The van der Waals surface area contributed by atoms with Crippen molar-refractivity contribution in [3.8, 4) is 0 Å². The van der Waals surface area contributed by atoms with E-state index >= 15 is 0 Å². The zero-order valence-electron chi connectivity index (χ0n) is 13.4. The topological polar surface area (TPSA) is 49.3 Å². The molecule has 0 atom stereocenters. The molecule has 0 bridgehead atoms. The molecule has 1 saturated carbocycles. The second-order valence-electron chi connectivity index (χ2n) is 6.69. The van der Waals surface area contributed by atoms with Gasteiger partial charge in [-0.1, -0.05) is 36.5 Å². The van der Waals surface area contributed by atoms with E-state index in [1.54, 1.807) is 12.1 Å².